The lowest BCUT2D eigenvalue weighted by atomic mass is 10.0. The van der Waals surface area contributed by atoms with Crippen molar-refractivity contribution in [3.05, 3.63) is 83.9 Å². The number of ether oxygens (including phenoxy) is 2. The molecule has 1 saturated heterocycles. The van der Waals surface area contributed by atoms with Crippen molar-refractivity contribution in [3.63, 3.8) is 0 Å². The van der Waals surface area contributed by atoms with Crippen LogP contribution in [-0.2, 0) is 11.3 Å². The van der Waals surface area contributed by atoms with Crippen molar-refractivity contribution in [2.75, 3.05) is 20.0 Å². The van der Waals surface area contributed by atoms with Gasteiger partial charge in [-0.05, 0) is 28.8 Å². The van der Waals surface area contributed by atoms with E-state index in [0.717, 1.165) is 22.6 Å². The summed E-state index contributed by atoms with van der Waals surface area (Å²) < 4.78 is 11.1. The molecule has 1 atom stereocenters. The van der Waals surface area contributed by atoms with Gasteiger partial charge in [0.1, 0.15) is 16.9 Å². The van der Waals surface area contributed by atoms with E-state index in [4.69, 9.17) is 9.47 Å². The molecule has 1 aliphatic rings. The number of carbonyl (C=O) groups excluding carboxylic acids is 1. The first-order valence-electron chi connectivity index (χ1n) is 9.47. The predicted octanol–water partition coefficient (Wildman–Crippen LogP) is 5.15. The van der Waals surface area contributed by atoms with E-state index in [1.807, 2.05) is 41.3 Å². The van der Waals surface area contributed by atoms with Gasteiger partial charge in [-0.3, -0.25) is 4.79 Å². The molecule has 0 radical (unpaired) electrons. The molecule has 3 aromatic carbocycles. The second kappa shape index (κ2) is 8.62. The van der Waals surface area contributed by atoms with Gasteiger partial charge >= 0.3 is 0 Å². The van der Waals surface area contributed by atoms with Crippen LogP contribution < -0.4 is 9.47 Å². The summed E-state index contributed by atoms with van der Waals surface area (Å²) in [5.74, 6) is 2.05. The number of carbonyl (C=O) groups is 1. The molecular formula is C24H23NO3S. The second-order valence-corrected chi connectivity index (χ2v) is 7.89. The molecule has 29 heavy (non-hydrogen) atoms. The average molecular weight is 406 g/mol. The zero-order chi connectivity index (χ0) is 20.2. The van der Waals surface area contributed by atoms with Gasteiger partial charge in [0.2, 0.25) is 5.91 Å². The number of hydrogen-bond donors (Lipinski definition) is 0. The van der Waals surface area contributed by atoms with Crippen LogP contribution in [0.15, 0.2) is 72.8 Å². The molecule has 4 rings (SSSR count). The summed E-state index contributed by atoms with van der Waals surface area (Å²) in [5.41, 5.74) is 4.36. The molecule has 0 saturated carbocycles. The summed E-state index contributed by atoms with van der Waals surface area (Å²) in [6.45, 7) is 0.548. The second-order valence-electron chi connectivity index (χ2n) is 6.82. The molecule has 1 aliphatic heterocycles. The number of benzene rings is 3. The number of amides is 1. The molecule has 1 heterocycles. The minimum Gasteiger partial charge on any atom is -0.496 e. The smallest absolute Gasteiger partial charge is 0.234 e. The van der Waals surface area contributed by atoms with Crippen LogP contribution in [0.3, 0.4) is 0 Å². The zero-order valence-electron chi connectivity index (χ0n) is 16.5. The highest BCUT2D eigenvalue weighted by molar-refractivity contribution is 8.00. The van der Waals surface area contributed by atoms with E-state index in [2.05, 4.69) is 36.4 Å². The number of methoxy groups -OCH3 is 2. The first-order chi connectivity index (χ1) is 14.2. The Bertz CT molecular complexity index is 967. The molecule has 1 unspecified atom stereocenters. The lowest BCUT2D eigenvalue weighted by Crippen LogP contribution is -2.28. The normalized spacial score (nSPS) is 16.1. The van der Waals surface area contributed by atoms with E-state index < -0.39 is 0 Å². The van der Waals surface area contributed by atoms with Gasteiger partial charge in [0, 0.05) is 6.54 Å². The van der Waals surface area contributed by atoms with Crippen LogP contribution in [0.25, 0.3) is 11.1 Å². The molecule has 4 nitrogen and oxygen atoms in total. The van der Waals surface area contributed by atoms with Gasteiger partial charge in [-0.25, -0.2) is 0 Å². The largest absolute Gasteiger partial charge is 0.496 e. The van der Waals surface area contributed by atoms with E-state index in [9.17, 15) is 4.79 Å². The molecule has 0 aromatic heterocycles. The van der Waals surface area contributed by atoms with E-state index in [1.54, 1.807) is 26.0 Å². The monoisotopic (exact) mass is 405 g/mol. The van der Waals surface area contributed by atoms with Crippen molar-refractivity contribution in [3.8, 4) is 22.6 Å². The van der Waals surface area contributed by atoms with E-state index in [1.165, 1.54) is 11.1 Å². The Kier molecular flexibility index (Phi) is 5.76. The molecule has 5 heteroatoms. The van der Waals surface area contributed by atoms with Crippen LogP contribution >= 0.6 is 11.8 Å². The lowest BCUT2D eigenvalue weighted by molar-refractivity contribution is -0.128. The van der Waals surface area contributed by atoms with Crippen molar-refractivity contribution in [1.29, 1.82) is 0 Å². The maximum atomic E-state index is 12.7. The first-order valence-corrected chi connectivity index (χ1v) is 10.5. The molecule has 148 valence electrons. The Balaban J connectivity index is 1.60. The van der Waals surface area contributed by atoms with Crippen molar-refractivity contribution >= 4 is 17.7 Å². The van der Waals surface area contributed by atoms with Gasteiger partial charge in [-0.15, -0.1) is 11.8 Å². The van der Waals surface area contributed by atoms with Gasteiger partial charge in [0.05, 0.1) is 25.5 Å². The SMILES string of the molecule is COc1cccc(OC)c1C1SCC(=O)N1Cc1ccc(-c2ccccc2)cc1. The molecule has 1 fully saturated rings. The highest BCUT2D eigenvalue weighted by Gasteiger charge is 2.36. The van der Waals surface area contributed by atoms with Crippen LogP contribution in [-0.4, -0.2) is 30.8 Å². The van der Waals surface area contributed by atoms with Gasteiger partial charge in [-0.1, -0.05) is 60.7 Å². The first kappa shape index (κ1) is 19.4. The minimum atomic E-state index is -0.137. The number of thioether (sulfide) groups is 1. The average Bonchev–Trinajstić information content (AvgIpc) is 3.14. The number of hydrogen-bond acceptors (Lipinski definition) is 4. The van der Waals surface area contributed by atoms with E-state index in [0.29, 0.717) is 12.3 Å². The van der Waals surface area contributed by atoms with Crippen LogP contribution in [0.4, 0.5) is 0 Å². The van der Waals surface area contributed by atoms with Crippen molar-refractivity contribution in [1.82, 2.24) is 4.90 Å². The fourth-order valence-electron chi connectivity index (χ4n) is 3.62. The Morgan fingerprint density at radius 3 is 2.10 bits per heavy atom. The van der Waals surface area contributed by atoms with Gasteiger partial charge in [-0.2, -0.15) is 0 Å². The highest BCUT2D eigenvalue weighted by atomic mass is 32.2. The number of rotatable bonds is 6. The summed E-state index contributed by atoms with van der Waals surface area (Å²) in [6, 6.07) is 24.4. The lowest BCUT2D eigenvalue weighted by Gasteiger charge is -2.27. The van der Waals surface area contributed by atoms with Crippen LogP contribution in [0, 0.1) is 0 Å². The van der Waals surface area contributed by atoms with Gasteiger partial charge < -0.3 is 14.4 Å². The van der Waals surface area contributed by atoms with Crippen molar-refractivity contribution in [2.24, 2.45) is 0 Å². The van der Waals surface area contributed by atoms with Crippen molar-refractivity contribution in [2.45, 2.75) is 11.9 Å². The summed E-state index contributed by atoms with van der Waals surface area (Å²) in [4.78, 5) is 14.6. The summed E-state index contributed by atoms with van der Waals surface area (Å²) >= 11 is 1.61. The van der Waals surface area contributed by atoms with E-state index in [-0.39, 0.29) is 11.3 Å². The molecule has 1 amide bonds. The highest BCUT2D eigenvalue weighted by Crippen LogP contribution is 2.47. The molecule has 3 aromatic rings. The Hall–Kier alpha value is -2.92. The summed E-state index contributed by atoms with van der Waals surface area (Å²) in [5, 5.41) is -0.137. The molecule has 0 N–H and O–H groups in total. The standard InChI is InChI=1S/C24H23NO3S/c1-27-20-9-6-10-21(28-2)23(20)24-25(22(26)16-29-24)15-17-11-13-19(14-12-17)18-7-4-3-5-8-18/h3-14,24H,15-16H2,1-2H3. The fraction of sp³-hybridized carbons (Fsp3) is 0.208. The topological polar surface area (TPSA) is 38.8 Å². The number of nitrogens with zero attached hydrogens (tertiary/aromatic N) is 1. The van der Waals surface area contributed by atoms with Crippen LogP contribution in [0.2, 0.25) is 0 Å². The Morgan fingerprint density at radius 2 is 1.48 bits per heavy atom. The molecule has 0 bridgehead atoms. The molecule has 0 spiro atoms. The van der Waals surface area contributed by atoms with Crippen LogP contribution in [0.1, 0.15) is 16.5 Å². The fourth-order valence-corrected chi connectivity index (χ4v) is 4.85. The van der Waals surface area contributed by atoms with Gasteiger partial charge in [0.15, 0.2) is 0 Å². The quantitative estimate of drug-likeness (QED) is 0.569. The minimum absolute atomic E-state index is 0.125. The van der Waals surface area contributed by atoms with E-state index >= 15 is 0 Å². The maximum absolute atomic E-state index is 12.7. The zero-order valence-corrected chi connectivity index (χ0v) is 17.3. The Morgan fingerprint density at radius 1 is 0.862 bits per heavy atom. The van der Waals surface area contributed by atoms with Crippen LogP contribution in [0.5, 0.6) is 11.5 Å². The molecule has 0 aliphatic carbocycles. The maximum Gasteiger partial charge on any atom is 0.234 e. The summed E-state index contributed by atoms with van der Waals surface area (Å²) in [6.07, 6.45) is 0. The third-order valence-corrected chi connectivity index (χ3v) is 6.31. The van der Waals surface area contributed by atoms with Crippen molar-refractivity contribution < 1.29 is 14.3 Å². The Labute approximate surface area is 175 Å². The molecular weight excluding hydrogens is 382 g/mol. The predicted molar refractivity (Wildman–Crippen MR) is 117 cm³/mol. The summed E-state index contributed by atoms with van der Waals surface area (Å²) in [7, 11) is 3.29. The third kappa shape index (κ3) is 3.96. The van der Waals surface area contributed by atoms with Gasteiger partial charge in [0.25, 0.3) is 0 Å². The third-order valence-electron chi connectivity index (χ3n) is 5.09.